The normalized spacial score (nSPS) is 13.0. The van der Waals surface area contributed by atoms with E-state index >= 15 is 0 Å². The van der Waals surface area contributed by atoms with E-state index in [0.717, 1.165) is 11.1 Å². The van der Waals surface area contributed by atoms with Crippen molar-refractivity contribution in [2.24, 2.45) is 0 Å². The van der Waals surface area contributed by atoms with Crippen molar-refractivity contribution in [3.8, 4) is 50.4 Å². The second kappa shape index (κ2) is 23.3. The summed E-state index contributed by atoms with van der Waals surface area (Å²) in [6.07, 6.45) is 0.900. The standard InChI is InChI=1S/C58H64ClFN2O10S2Si/c1-13-29-66-48-32-44(25-19-36(48)2)74(64,65)68-33-37(3)69-47-28-26-45(38(4)52(47)59)50-51-54(61-35-62-55(51)73-53(50)40-20-22-42(60)23-21-40)70-49(56(63)71-57(5,6)7)31-41-30-43(72-75(11,12)58(8,9)10)24-27-46(41)67-34-39-17-15-14-16-18-39/h13-28,30,32,35,37,49H,1,29,31,33-34H2,2-12H3/t37-,49?/m1/s1. The van der Waals surface area contributed by atoms with Gasteiger partial charge in [0.25, 0.3) is 10.1 Å². The monoisotopic (exact) mass is 1090 g/mol. The Morgan fingerprint density at radius 2 is 1.57 bits per heavy atom. The third-order valence-corrected chi connectivity index (χ3v) is 19.8. The summed E-state index contributed by atoms with van der Waals surface area (Å²) in [5.74, 6) is 0.878. The summed E-state index contributed by atoms with van der Waals surface area (Å²) in [6.45, 7) is 25.3. The Labute approximate surface area is 450 Å². The van der Waals surface area contributed by atoms with Gasteiger partial charge in [0, 0.05) is 28.5 Å². The molecular formula is C58H64ClFN2O10S2Si. The first-order chi connectivity index (χ1) is 35.3. The maximum absolute atomic E-state index is 14.5. The molecule has 0 radical (unpaired) electrons. The molecule has 7 aromatic rings. The summed E-state index contributed by atoms with van der Waals surface area (Å²) in [5.41, 5.74) is 3.99. The fraction of sp³-hybridized carbons (Fsp3) is 0.328. The maximum atomic E-state index is 14.5. The van der Waals surface area contributed by atoms with Crippen molar-refractivity contribution < 1.29 is 49.9 Å². The van der Waals surface area contributed by atoms with Crippen molar-refractivity contribution in [2.75, 3.05) is 13.2 Å². The van der Waals surface area contributed by atoms with Crippen molar-refractivity contribution in [2.45, 2.75) is 116 Å². The van der Waals surface area contributed by atoms with Crippen LogP contribution in [0.25, 0.3) is 31.8 Å². The van der Waals surface area contributed by atoms with Gasteiger partial charge in [0.2, 0.25) is 20.3 Å². The average molecular weight is 1100 g/mol. The second-order valence-electron chi connectivity index (χ2n) is 20.7. The highest BCUT2D eigenvalue weighted by Gasteiger charge is 2.39. The fourth-order valence-corrected chi connectivity index (χ4v) is 11.0. The van der Waals surface area contributed by atoms with E-state index in [2.05, 4.69) is 50.4 Å². The highest BCUT2D eigenvalue weighted by molar-refractivity contribution is 7.86. The molecule has 2 heterocycles. The number of thiophene rings is 1. The van der Waals surface area contributed by atoms with E-state index in [1.165, 1.54) is 41.9 Å². The second-order valence-corrected chi connectivity index (χ2v) is 28.4. The molecule has 0 spiro atoms. The van der Waals surface area contributed by atoms with E-state index in [1.54, 1.807) is 58.0 Å². The number of benzene rings is 5. The number of halogens is 2. The number of carbonyl (C=O) groups is 1. The smallest absolute Gasteiger partial charge is 0.348 e. The molecule has 1 unspecified atom stereocenters. The number of carbonyl (C=O) groups excluding carboxylic acids is 1. The first-order valence-corrected chi connectivity index (χ1v) is 30.0. The highest BCUT2D eigenvalue weighted by atomic mass is 35.5. The molecule has 2 aromatic heterocycles. The van der Waals surface area contributed by atoms with E-state index in [0.29, 0.717) is 60.2 Å². The third kappa shape index (κ3) is 14.0. The number of esters is 1. The number of nitrogens with zero attached hydrogens (tertiary/aromatic N) is 2. The zero-order valence-electron chi connectivity index (χ0n) is 44.2. The Kier molecular flexibility index (Phi) is 17.5. The number of hydrogen-bond acceptors (Lipinski definition) is 13. The van der Waals surface area contributed by atoms with E-state index in [1.807, 2.05) is 68.4 Å². The lowest BCUT2D eigenvalue weighted by Gasteiger charge is -2.36. The number of aryl methyl sites for hydroxylation is 1. The van der Waals surface area contributed by atoms with Crippen LogP contribution in [0.2, 0.25) is 23.2 Å². The van der Waals surface area contributed by atoms with Crippen LogP contribution in [0.4, 0.5) is 4.39 Å². The maximum Gasteiger partial charge on any atom is 0.348 e. The molecule has 7 rings (SSSR count). The zero-order valence-corrected chi connectivity index (χ0v) is 47.6. The van der Waals surface area contributed by atoms with Gasteiger partial charge in [0.05, 0.1) is 15.3 Å². The van der Waals surface area contributed by atoms with Crippen LogP contribution in [-0.2, 0) is 36.9 Å². The van der Waals surface area contributed by atoms with Gasteiger partial charge >= 0.3 is 5.97 Å². The molecule has 75 heavy (non-hydrogen) atoms. The van der Waals surface area contributed by atoms with Crippen LogP contribution in [0.15, 0.2) is 127 Å². The molecule has 17 heteroatoms. The number of fused-ring (bicyclic) bond motifs is 1. The van der Waals surface area contributed by atoms with Crippen molar-refractivity contribution in [1.29, 1.82) is 0 Å². The van der Waals surface area contributed by atoms with Gasteiger partial charge in [-0.3, -0.25) is 4.18 Å². The summed E-state index contributed by atoms with van der Waals surface area (Å²) in [6, 6.07) is 29.6. The minimum atomic E-state index is -4.20. The largest absolute Gasteiger partial charge is 0.543 e. The lowest BCUT2D eigenvalue weighted by molar-refractivity contribution is -0.163. The highest BCUT2D eigenvalue weighted by Crippen LogP contribution is 2.50. The number of hydrogen-bond donors (Lipinski definition) is 0. The summed E-state index contributed by atoms with van der Waals surface area (Å²) < 4.78 is 84.6. The van der Waals surface area contributed by atoms with Gasteiger partial charge in [0.1, 0.15) is 71.5 Å². The fourth-order valence-electron chi connectivity index (χ4n) is 7.60. The molecule has 0 bridgehead atoms. The minimum Gasteiger partial charge on any atom is -0.543 e. The van der Waals surface area contributed by atoms with E-state index in [4.69, 9.17) is 43.9 Å². The van der Waals surface area contributed by atoms with Crippen LogP contribution in [0.3, 0.4) is 0 Å². The van der Waals surface area contributed by atoms with E-state index in [9.17, 15) is 17.6 Å². The van der Waals surface area contributed by atoms with Crippen LogP contribution in [0.5, 0.6) is 28.9 Å². The molecular weight excluding hydrogens is 1030 g/mol. The van der Waals surface area contributed by atoms with E-state index in [-0.39, 0.29) is 52.8 Å². The van der Waals surface area contributed by atoms with Crippen LogP contribution in [-0.4, -0.2) is 63.7 Å². The SMILES string of the molecule is C=CCOc1cc(S(=O)(=O)OC[C@@H](C)Oc2ccc(-c3c(-c4ccc(F)cc4)sc4ncnc(OC(Cc5cc(O[Si](C)(C)C(C)(C)C)ccc5OCc5ccccc5)C(=O)OC(C)(C)C)c34)c(C)c2Cl)ccc1C. The molecule has 0 saturated carbocycles. The van der Waals surface area contributed by atoms with Gasteiger partial charge in [0.15, 0.2) is 0 Å². The first kappa shape index (κ1) is 56.4. The number of aromatic nitrogens is 2. The molecule has 0 aliphatic rings. The van der Waals surface area contributed by atoms with Crippen molar-refractivity contribution in [3.63, 3.8) is 0 Å². The molecule has 0 N–H and O–H groups in total. The molecule has 0 aliphatic heterocycles. The van der Waals surface area contributed by atoms with Crippen LogP contribution >= 0.6 is 22.9 Å². The molecule has 0 amide bonds. The van der Waals surface area contributed by atoms with Gasteiger partial charge in [-0.05, 0) is 130 Å². The van der Waals surface area contributed by atoms with Crippen molar-refractivity contribution in [3.05, 3.63) is 155 Å². The summed E-state index contributed by atoms with van der Waals surface area (Å²) >= 11 is 8.51. The van der Waals surface area contributed by atoms with E-state index < -0.39 is 48.0 Å². The first-order valence-electron chi connectivity index (χ1n) is 24.5. The van der Waals surface area contributed by atoms with Gasteiger partial charge in [-0.25, -0.2) is 19.2 Å². The quantitative estimate of drug-likeness (QED) is 0.0293. The van der Waals surface area contributed by atoms with Crippen molar-refractivity contribution >= 4 is 57.6 Å². The van der Waals surface area contributed by atoms with Gasteiger partial charge in [-0.1, -0.05) is 99.6 Å². The Hall–Kier alpha value is -6.30. The summed E-state index contributed by atoms with van der Waals surface area (Å²) in [4.78, 5) is 25.1. The molecule has 12 nitrogen and oxygen atoms in total. The molecule has 5 aromatic carbocycles. The Morgan fingerprint density at radius 3 is 2.25 bits per heavy atom. The van der Waals surface area contributed by atoms with Crippen LogP contribution in [0, 0.1) is 19.7 Å². The molecule has 2 atom stereocenters. The van der Waals surface area contributed by atoms with Gasteiger partial charge < -0.3 is 28.1 Å². The predicted octanol–water partition coefficient (Wildman–Crippen LogP) is 14.5. The van der Waals surface area contributed by atoms with Crippen molar-refractivity contribution in [1.82, 2.24) is 9.97 Å². The molecule has 396 valence electrons. The lowest BCUT2D eigenvalue weighted by atomic mass is 9.96. The van der Waals surface area contributed by atoms with Crippen LogP contribution < -0.4 is 23.4 Å². The Morgan fingerprint density at radius 1 is 0.867 bits per heavy atom. The lowest BCUT2D eigenvalue weighted by Crippen LogP contribution is -2.43. The average Bonchev–Trinajstić information content (AvgIpc) is 3.74. The third-order valence-electron chi connectivity index (χ3n) is 12.5. The molecule has 0 fully saturated rings. The summed E-state index contributed by atoms with van der Waals surface area (Å²) in [5, 5.41) is 0.619. The Bertz CT molecular complexity index is 3280. The molecule has 0 saturated heterocycles. The number of rotatable bonds is 21. The minimum absolute atomic E-state index is 0.000178. The molecule has 0 aliphatic carbocycles. The van der Waals surface area contributed by atoms with Gasteiger partial charge in [-0.2, -0.15) is 8.42 Å². The Balaban J connectivity index is 1.27. The van der Waals surface area contributed by atoms with Gasteiger partial charge in [-0.15, -0.1) is 11.3 Å². The van der Waals surface area contributed by atoms with Crippen LogP contribution in [0.1, 0.15) is 70.7 Å². The predicted molar refractivity (Wildman–Crippen MR) is 297 cm³/mol. The zero-order chi connectivity index (χ0) is 54.5. The number of ether oxygens (including phenoxy) is 5. The topological polar surface area (TPSA) is 142 Å². The summed E-state index contributed by atoms with van der Waals surface area (Å²) in [7, 11) is -6.51.